The van der Waals surface area contributed by atoms with Gasteiger partial charge in [0.25, 0.3) is 0 Å². The highest BCUT2D eigenvalue weighted by Gasteiger charge is 2.26. The summed E-state index contributed by atoms with van der Waals surface area (Å²) in [5.41, 5.74) is 1.64. The van der Waals surface area contributed by atoms with Crippen molar-refractivity contribution in [3.05, 3.63) is 16.0 Å². The molecule has 0 saturated carbocycles. The summed E-state index contributed by atoms with van der Waals surface area (Å²) in [6.07, 6.45) is 6.48. The topological polar surface area (TPSA) is 67.8 Å². The highest BCUT2D eigenvalue weighted by Crippen LogP contribution is 2.37. The van der Waals surface area contributed by atoms with Crippen LogP contribution >= 0.6 is 34.9 Å². The third-order valence-corrected chi connectivity index (χ3v) is 7.66. The fourth-order valence-corrected chi connectivity index (χ4v) is 6.12. The van der Waals surface area contributed by atoms with E-state index in [0.29, 0.717) is 16.3 Å². The van der Waals surface area contributed by atoms with Crippen LogP contribution in [-0.4, -0.2) is 41.4 Å². The Bertz CT molecular complexity index is 685. The van der Waals surface area contributed by atoms with E-state index in [1.807, 2.05) is 0 Å². The molecule has 0 radical (unpaired) electrons. The van der Waals surface area contributed by atoms with Gasteiger partial charge in [-0.15, -0.1) is 11.3 Å². The molecule has 25 heavy (non-hydrogen) atoms. The average Bonchev–Trinajstić information content (AvgIpc) is 3.21. The number of thiophene rings is 1. The second-order valence-corrected chi connectivity index (χ2v) is 9.36. The third kappa shape index (κ3) is 4.80. The maximum Gasteiger partial charge on any atom is 0.341 e. The number of fused-ring (bicyclic) bond motifs is 1. The third-order valence-electron chi connectivity index (χ3n) is 4.20. The number of aliphatic imine (C=N–C) groups is 1. The molecule has 5 nitrogen and oxygen atoms in total. The highest BCUT2D eigenvalue weighted by atomic mass is 32.2. The number of carbonyl (C=O) groups excluding carboxylic acids is 2. The summed E-state index contributed by atoms with van der Waals surface area (Å²) in [6.45, 7) is 0.832. The maximum absolute atomic E-state index is 12.3. The molecule has 1 amide bonds. The van der Waals surface area contributed by atoms with Gasteiger partial charge >= 0.3 is 5.97 Å². The van der Waals surface area contributed by atoms with Crippen LogP contribution in [0.25, 0.3) is 0 Å². The van der Waals surface area contributed by atoms with E-state index < -0.39 is 0 Å². The normalized spacial score (nSPS) is 17.2. The first kappa shape index (κ1) is 18.8. The summed E-state index contributed by atoms with van der Waals surface area (Å²) in [4.78, 5) is 30.2. The predicted octanol–water partition coefficient (Wildman–Crippen LogP) is 3.97. The Morgan fingerprint density at radius 3 is 2.76 bits per heavy atom. The lowest BCUT2D eigenvalue weighted by atomic mass is 9.96. The minimum atomic E-state index is -0.350. The molecule has 1 aromatic rings. The number of nitrogens with zero attached hydrogens (tertiary/aromatic N) is 1. The molecule has 2 aliphatic rings. The SMILES string of the molecule is COC(=O)c1c(NC(=O)CSC2=NCCS2)sc2c1CCCCCC2. The lowest BCUT2D eigenvalue weighted by molar-refractivity contribution is -0.113. The van der Waals surface area contributed by atoms with Crippen molar-refractivity contribution in [2.24, 2.45) is 4.99 Å². The number of methoxy groups -OCH3 is 1. The molecule has 1 aliphatic carbocycles. The Morgan fingerprint density at radius 2 is 2.04 bits per heavy atom. The van der Waals surface area contributed by atoms with Crippen molar-refractivity contribution in [1.29, 1.82) is 0 Å². The molecule has 3 rings (SSSR count). The molecule has 1 aliphatic heterocycles. The molecule has 0 unspecified atom stereocenters. The summed E-state index contributed by atoms with van der Waals surface area (Å²) in [5, 5.41) is 3.59. The van der Waals surface area contributed by atoms with Crippen LogP contribution in [0.5, 0.6) is 0 Å². The average molecular weight is 399 g/mol. The van der Waals surface area contributed by atoms with Crippen molar-refractivity contribution in [3.63, 3.8) is 0 Å². The van der Waals surface area contributed by atoms with Gasteiger partial charge in [-0.1, -0.05) is 36.4 Å². The first-order valence-corrected chi connectivity index (χ1v) is 11.3. The van der Waals surface area contributed by atoms with Gasteiger partial charge in [0, 0.05) is 10.6 Å². The van der Waals surface area contributed by atoms with Crippen molar-refractivity contribution in [2.75, 3.05) is 30.5 Å². The molecule has 0 aromatic carbocycles. The lowest BCUT2D eigenvalue weighted by Crippen LogP contribution is -2.17. The summed E-state index contributed by atoms with van der Waals surface area (Å²) in [6, 6.07) is 0. The molecule has 136 valence electrons. The van der Waals surface area contributed by atoms with Gasteiger partial charge in [0.2, 0.25) is 5.91 Å². The lowest BCUT2D eigenvalue weighted by Gasteiger charge is -2.11. The van der Waals surface area contributed by atoms with Crippen molar-refractivity contribution < 1.29 is 14.3 Å². The molecule has 8 heteroatoms. The minimum absolute atomic E-state index is 0.0976. The second-order valence-electron chi connectivity index (χ2n) is 5.95. The van der Waals surface area contributed by atoms with E-state index in [1.165, 1.54) is 47.9 Å². The Hall–Kier alpha value is -0.990. The number of ether oxygens (including phenoxy) is 1. The van der Waals surface area contributed by atoms with Crippen LogP contribution < -0.4 is 5.32 Å². The summed E-state index contributed by atoms with van der Waals surface area (Å²) < 4.78 is 5.96. The van der Waals surface area contributed by atoms with Crippen LogP contribution in [0.4, 0.5) is 5.00 Å². The van der Waals surface area contributed by atoms with Crippen LogP contribution in [0.3, 0.4) is 0 Å². The standard InChI is InChI=1S/C17H22N2O3S3/c1-22-16(21)14-11-6-4-2-3-5-7-12(11)25-15(14)19-13(20)10-24-17-18-8-9-23-17/h2-10H2,1H3,(H,19,20). The van der Waals surface area contributed by atoms with Gasteiger partial charge in [0.15, 0.2) is 0 Å². The summed E-state index contributed by atoms with van der Waals surface area (Å²) in [7, 11) is 1.40. The number of nitrogens with one attached hydrogen (secondary N) is 1. The number of carbonyl (C=O) groups is 2. The first-order chi connectivity index (χ1) is 12.2. The molecule has 0 fully saturated rings. The Morgan fingerprint density at radius 1 is 1.24 bits per heavy atom. The number of esters is 1. The maximum atomic E-state index is 12.3. The number of hydrogen-bond acceptors (Lipinski definition) is 7. The molecule has 0 bridgehead atoms. The van der Waals surface area contributed by atoms with Gasteiger partial charge in [0.05, 0.1) is 25.0 Å². The van der Waals surface area contributed by atoms with Crippen LogP contribution in [-0.2, 0) is 22.4 Å². The number of aryl methyl sites for hydroxylation is 1. The van der Waals surface area contributed by atoms with E-state index in [0.717, 1.165) is 47.9 Å². The van der Waals surface area contributed by atoms with E-state index in [1.54, 1.807) is 11.8 Å². The molecule has 0 spiro atoms. The van der Waals surface area contributed by atoms with E-state index in [4.69, 9.17) is 4.74 Å². The van der Waals surface area contributed by atoms with Crippen LogP contribution in [0.1, 0.15) is 46.5 Å². The van der Waals surface area contributed by atoms with E-state index in [9.17, 15) is 9.59 Å². The molecule has 2 heterocycles. The van der Waals surface area contributed by atoms with Crippen molar-refractivity contribution >= 4 is 56.1 Å². The highest BCUT2D eigenvalue weighted by molar-refractivity contribution is 8.39. The minimum Gasteiger partial charge on any atom is -0.465 e. The first-order valence-electron chi connectivity index (χ1n) is 8.51. The van der Waals surface area contributed by atoms with Crippen LogP contribution in [0.2, 0.25) is 0 Å². The van der Waals surface area contributed by atoms with Gasteiger partial charge in [0.1, 0.15) is 9.38 Å². The number of thioether (sulfide) groups is 2. The van der Waals surface area contributed by atoms with Crippen molar-refractivity contribution in [1.82, 2.24) is 0 Å². The smallest absolute Gasteiger partial charge is 0.341 e. The van der Waals surface area contributed by atoms with Gasteiger partial charge < -0.3 is 10.1 Å². The number of hydrogen-bond donors (Lipinski definition) is 1. The predicted molar refractivity (Wildman–Crippen MR) is 107 cm³/mol. The van der Waals surface area contributed by atoms with E-state index in [2.05, 4.69) is 10.3 Å². The van der Waals surface area contributed by atoms with E-state index in [-0.39, 0.29) is 11.9 Å². The second kappa shape index (κ2) is 9.09. The molecular weight excluding hydrogens is 376 g/mol. The number of rotatable bonds is 4. The van der Waals surface area contributed by atoms with Gasteiger partial charge in [-0.25, -0.2) is 4.79 Å². The summed E-state index contributed by atoms with van der Waals surface area (Å²) >= 11 is 4.69. The van der Waals surface area contributed by atoms with Crippen molar-refractivity contribution in [3.8, 4) is 0 Å². The van der Waals surface area contributed by atoms with Crippen LogP contribution in [0, 0.1) is 0 Å². The Balaban J connectivity index is 1.75. The zero-order valence-electron chi connectivity index (χ0n) is 14.3. The fourth-order valence-electron chi connectivity index (χ4n) is 3.02. The molecular formula is C17H22N2O3S3. The largest absolute Gasteiger partial charge is 0.465 e. The zero-order chi connectivity index (χ0) is 17.6. The monoisotopic (exact) mass is 398 g/mol. The van der Waals surface area contributed by atoms with Gasteiger partial charge in [-0.3, -0.25) is 9.79 Å². The molecule has 1 N–H and O–H groups in total. The quantitative estimate of drug-likeness (QED) is 0.778. The van der Waals surface area contributed by atoms with Crippen molar-refractivity contribution in [2.45, 2.75) is 38.5 Å². The van der Waals surface area contributed by atoms with Gasteiger partial charge in [-0.05, 0) is 31.2 Å². The molecule has 0 saturated heterocycles. The summed E-state index contributed by atoms with van der Waals surface area (Å²) in [5.74, 6) is 0.861. The zero-order valence-corrected chi connectivity index (χ0v) is 16.7. The van der Waals surface area contributed by atoms with Crippen LogP contribution in [0.15, 0.2) is 4.99 Å². The molecule has 1 aromatic heterocycles. The number of amides is 1. The number of anilines is 1. The molecule has 0 atom stereocenters. The van der Waals surface area contributed by atoms with Gasteiger partial charge in [-0.2, -0.15) is 0 Å². The Kier molecular flexibility index (Phi) is 6.84. The van der Waals surface area contributed by atoms with E-state index >= 15 is 0 Å². The Labute approximate surface area is 160 Å². The fraction of sp³-hybridized carbons (Fsp3) is 0.588.